The molecule has 19 heavy (non-hydrogen) atoms. The van der Waals surface area contributed by atoms with E-state index in [0.29, 0.717) is 11.8 Å². The molecule has 2 N–H and O–H groups in total. The van der Waals surface area contributed by atoms with Crippen LogP contribution in [0.1, 0.15) is 37.3 Å². The summed E-state index contributed by atoms with van der Waals surface area (Å²) in [6.07, 6.45) is 10.4. The van der Waals surface area contributed by atoms with Crippen molar-refractivity contribution in [2.75, 3.05) is 0 Å². The number of aliphatic hydroxyl groups is 1. The van der Waals surface area contributed by atoms with Crippen molar-refractivity contribution in [3.05, 3.63) is 48.5 Å². The van der Waals surface area contributed by atoms with Crippen molar-refractivity contribution in [2.45, 2.75) is 37.3 Å². The van der Waals surface area contributed by atoms with Crippen LogP contribution in [0.15, 0.2) is 43.0 Å². The van der Waals surface area contributed by atoms with Crippen LogP contribution in [0, 0.1) is 0 Å². The molecule has 1 aliphatic carbocycles. The largest absolute Gasteiger partial charge is 0.506 e. The first-order valence-corrected chi connectivity index (χ1v) is 6.67. The van der Waals surface area contributed by atoms with E-state index in [-0.39, 0.29) is 0 Å². The maximum Gasteiger partial charge on any atom is 0.133 e. The molecule has 3 rings (SSSR count). The van der Waals surface area contributed by atoms with Gasteiger partial charge in [-0.15, -0.1) is 0 Å². The molecule has 0 bridgehead atoms. The van der Waals surface area contributed by atoms with Gasteiger partial charge in [0.05, 0.1) is 5.60 Å². The SMILES string of the molecule is Oc1ccn(C2CCC(O)(c3cccnc3)CC2)c1. The molecule has 0 unspecified atom stereocenters. The number of hydrogen-bond acceptors (Lipinski definition) is 3. The molecule has 0 atom stereocenters. The second-order valence-corrected chi connectivity index (χ2v) is 5.32. The Morgan fingerprint density at radius 2 is 2.05 bits per heavy atom. The second-order valence-electron chi connectivity index (χ2n) is 5.32. The van der Waals surface area contributed by atoms with Crippen LogP contribution in [0.4, 0.5) is 0 Å². The summed E-state index contributed by atoms with van der Waals surface area (Å²) in [5, 5.41) is 20.1. The lowest BCUT2D eigenvalue weighted by Gasteiger charge is -2.36. The molecule has 4 nitrogen and oxygen atoms in total. The molecule has 0 saturated heterocycles. The highest BCUT2D eigenvalue weighted by atomic mass is 16.3. The number of aromatic hydroxyl groups is 1. The van der Waals surface area contributed by atoms with E-state index in [1.807, 2.05) is 22.9 Å². The van der Waals surface area contributed by atoms with Crippen molar-refractivity contribution in [2.24, 2.45) is 0 Å². The van der Waals surface area contributed by atoms with Crippen LogP contribution in [-0.4, -0.2) is 19.8 Å². The summed E-state index contributed by atoms with van der Waals surface area (Å²) in [6.45, 7) is 0. The Morgan fingerprint density at radius 1 is 1.26 bits per heavy atom. The summed E-state index contributed by atoms with van der Waals surface area (Å²) in [7, 11) is 0. The Balaban J connectivity index is 1.72. The molecule has 2 aromatic heterocycles. The van der Waals surface area contributed by atoms with E-state index >= 15 is 0 Å². The highest BCUT2D eigenvalue weighted by Crippen LogP contribution is 2.41. The third kappa shape index (κ3) is 2.36. The molecule has 0 amide bonds. The number of rotatable bonds is 2. The number of hydrogen-bond donors (Lipinski definition) is 2. The van der Waals surface area contributed by atoms with Crippen molar-refractivity contribution in [1.29, 1.82) is 0 Å². The Labute approximate surface area is 112 Å². The van der Waals surface area contributed by atoms with Crippen LogP contribution < -0.4 is 0 Å². The lowest BCUT2D eigenvalue weighted by atomic mass is 9.78. The van der Waals surface area contributed by atoms with Crippen LogP contribution in [0.25, 0.3) is 0 Å². The summed E-state index contributed by atoms with van der Waals surface area (Å²) < 4.78 is 2.04. The Hall–Kier alpha value is -1.81. The van der Waals surface area contributed by atoms with Gasteiger partial charge in [-0.2, -0.15) is 0 Å². The van der Waals surface area contributed by atoms with Crippen LogP contribution in [0.3, 0.4) is 0 Å². The van der Waals surface area contributed by atoms with E-state index in [9.17, 15) is 10.2 Å². The highest BCUT2D eigenvalue weighted by molar-refractivity contribution is 5.20. The topological polar surface area (TPSA) is 58.3 Å². The fourth-order valence-corrected chi connectivity index (χ4v) is 2.93. The molecule has 4 heteroatoms. The molecule has 100 valence electrons. The molecule has 0 radical (unpaired) electrons. The zero-order valence-electron chi connectivity index (χ0n) is 10.7. The monoisotopic (exact) mass is 258 g/mol. The van der Waals surface area contributed by atoms with Crippen molar-refractivity contribution in [3.8, 4) is 5.75 Å². The lowest BCUT2D eigenvalue weighted by Crippen LogP contribution is -2.32. The minimum Gasteiger partial charge on any atom is -0.506 e. The average Bonchev–Trinajstić information content (AvgIpc) is 2.87. The van der Waals surface area contributed by atoms with E-state index in [1.54, 1.807) is 24.7 Å². The van der Waals surface area contributed by atoms with Gasteiger partial charge in [0, 0.05) is 36.4 Å². The summed E-state index contributed by atoms with van der Waals surface area (Å²) in [5.74, 6) is 0.299. The van der Waals surface area contributed by atoms with E-state index in [1.165, 1.54) is 0 Å². The minimum atomic E-state index is -0.750. The molecular formula is C15H18N2O2. The van der Waals surface area contributed by atoms with Crippen LogP contribution >= 0.6 is 0 Å². The third-order valence-electron chi connectivity index (χ3n) is 4.10. The molecule has 1 fully saturated rings. The molecule has 2 aromatic rings. The van der Waals surface area contributed by atoms with E-state index in [2.05, 4.69) is 4.98 Å². The first-order chi connectivity index (χ1) is 9.17. The summed E-state index contributed by atoms with van der Waals surface area (Å²) in [6, 6.07) is 5.86. The van der Waals surface area contributed by atoms with Gasteiger partial charge in [-0.1, -0.05) is 6.07 Å². The molecular weight excluding hydrogens is 240 g/mol. The van der Waals surface area contributed by atoms with Crippen LogP contribution in [0.2, 0.25) is 0 Å². The van der Waals surface area contributed by atoms with Crippen LogP contribution in [0.5, 0.6) is 5.75 Å². The molecule has 1 aliphatic rings. The average molecular weight is 258 g/mol. The molecule has 1 saturated carbocycles. The fourth-order valence-electron chi connectivity index (χ4n) is 2.93. The second kappa shape index (κ2) is 4.70. The standard InChI is InChI=1S/C15H18N2O2/c18-14-5-9-17(11-14)13-3-6-15(19,7-4-13)12-2-1-8-16-10-12/h1-2,5,8-11,13,18-19H,3-4,6-7H2. The smallest absolute Gasteiger partial charge is 0.133 e. The predicted molar refractivity (Wildman–Crippen MR) is 71.7 cm³/mol. The van der Waals surface area contributed by atoms with Gasteiger partial charge >= 0.3 is 0 Å². The first kappa shape index (κ1) is 12.2. The predicted octanol–water partition coefficient (Wildman–Crippen LogP) is 2.59. The first-order valence-electron chi connectivity index (χ1n) is 6.67. The highest BCUT2D eigenvalue weighted by Gasteiger charge is 2.35. The molecule has 0 spiro atoms. The Bertz CT molecular complexity index is 542. The maximum atomic E-state index is 10.7. The van der Waals surface area contributed by atoms with Crippen molar-refractivity contribution in [1.82, 2.24) is 9.55 Å². The molecule has 0 aliphatic heterocycles. The normalized spacial score (nSPS) is 27.3. The minimum absolute atomic E-state index is 0.299. The zero-order chi connectivity index (χ0) is 13.3. The quantitative estimate of drug-likeness (QED) is 0.870. The van der Waals surface area contributed by atoms with Gasteiger partial charge in [0.15, 0.2) is 0 Å². The number of aromatic nitrogens is 2. The van der Waals surface area contributed by atoms with Crippen molar-refractivity contribution < 1.29 is 10.2 Å². The lowest BCUT2D eigenvalue weighted by molar-refractivity contribution is -0.0126. The van der Waals surface area contributed by atoms with Crippen molar-refractivity contribution in [3.63, 3.8) is 0 Å². The maximum absolute atomic E-state index is 10.7. The van der Waals surface area contributed by atoms with Gasteiger partial charge in [0.25, 0.3) is 0 Å². The van der Waals surface area contributed by atoms with E-state index in [0.717, 1.165) is 31.2 Å². The summed E-state index contributed by atoms with van der Waals surface area (Å²) in [5.41, 5.74) is 0.156. The molecule has 0 aromatic carbocycles. The number of nitrogens with zero attached hydrogens (tertiary/aromatic N) is 2. The summed E-state index contributed by atoms with van der Waals surface area (Å²) >= 11 is 0. The zero-order valence-corrected chi connectivity index (χ0v) is 10.7. The third-order valence-corrected chi connectivity index (χ3v) is 4.10. The van der Waals surface area contributed by atoms with E-state index in [4.69, 9.17) is 0 Å². The van der Waals surface area contributed by atoms with Gasteiger partial charge in [0.1, 0.15) is 5.75 Å². The van der Waals surface area contributed by atoms with Crippen molar-refractivity contribution >= 4 is 0 Å². The van der Waals surface area contributed by atoms with Gasteiger partial charge in [-0.25, -0.2) is 0 Å². The van der Waals surface area contributed by atoms with Gasteiger partial charge in [-0.05, 0) is 37.8 Å². The Morgan fingerprint density at radius 3 is 2.63 bits per heavy atom. The van der Waals surface area contributed by atoms with Gasteiger partial charge in [0.2, 0.25) is 0 Å². The van der Waals surface area contributed by atoms with Gasteiger partial charge in [-0.3, -0.25) is 4.98 Å². The van der Waals surface area contributed by atoms with E-state index < -0.39 is 5.60 Å². The fraction of sp³-hybridized carbons (Fsp3) is 0.400. The summed E-state index contributed by atoms with van der Waals surface area (Å²) in [4.78, 5) is 4.09. The van der Waals surface area contributed by atoms with Crippen LogP contribution in [-0.2, 0) is 5.60 Å². The molecule has 2 heterocycles. The van der Waals surface area contributed by atoms with Gasteiger partial charge < -0.3 is 14.8 Å². The Kier molecular flexibility index (Phi) is 3.03. The number of pyridine rings is 1.